The molecule has 23 heavy (non-hydrogen) atoms. The largest absolute Gasteiger partial charge is 0.278 e. The summed E-state index contributed by atoms with van der Waals surface area (Å²) in [6.07, 6.45) is 8.80. The second-order valence-corrected chi connectivity index (χ2v) is 5.04. The zero-order chi connectivity index (χ0) is 15.7. The van der Waals surface area contributed by atoms with E-state index < -0.39 is 0 Å². The van der Waals surface area contributed by atoms with Crippen molar-refractivity contribution in [3.8, 4) is 0 Å². The lowest BCUT2D eigenvalue weighted by Crippen LogP contribution is -2.08. The van der Waals surface area contributed by atoms with Crippen molar-refractivity contribution in [2.45, 2.75) is 6.42 Å². The zero-order valence-corrected chi connectivity index (χ0v) is 12.7. The zero-order valence-electron chi connectivity index (χ0n) is 12.7. The molecular weight excluding hydrogens is 284 g/mol. The van der Waals surface area contributed by atoms with E-state index >= 15 is 0 Å². The smallest absolute Gasteiger partial charge is 0.107 e. The van der Waals surface area contributed by atoms with Gasteiger partial charge in [-0.15, -0.1) is 0 Å². The SMILES string of the molecule is C1=CCC(C(/C=N/Nc2ccccc2)=N\Nc2ccccc2)=C1. The fourth-order valence-electron chi connectivity index (χ4n) is 2.14. The molecule has 2 aromatic carbocycles. The molecule has 0 saturated heterocycles. The minimum Gasteiger partial charge on any atom is -0.278 e. The molecule has 114 valence electrons. The highest BCUT2D eigenvalue weighted by molar-refractivity contribution is 6.38. The van der Waals surface area contributed by atoms with Crippen LogP contribution in [0.1, 0.15) is 6.42 Å². The fourth-order valence-corrected chi connectivity index (χ4v) is 2.14. The standard InChI is InChI=1S/C19H18N4/c1-3-11-17(12-4-1)21-20-15-19(16-9-7-8-10-16)23-22-18-13-5-2-6-14-18/h1-9,11-15,21-22H,10H2/b20-15+,23-19-. The summed E-state index contributed by atoms with van der Waals surface area (Å²) in [6, 6.07) is 19.7. The molecular formula is C19H18N4. The summed E-state index contributed by atoms with van der Waals surface area (Å²) < 4.78 is 0. The van der Waals surface area contributed by atoms with Gasteiger partial charge in [0.25, 0.3) is 0 Å². The van der Waals surface area contributed by atoms with Gasteiger partial charge in [-0.2, -0.15) is 10.2 Å². The highest BCUT2D eigenvalue weighted by Gasteiger charge is 2.06. The van der Waals surface area contributed by atoms with Gasteiger partial charge in [0.2, 0.25) is 0 Å². The van der Waals surface area contributed by atoms with E-state index in [0.717, 1.165) is 29.1 Å². The Labute approximate surface area is 135 Å². The van der Waals surface area contributed by atoms with Gasteiger partial charge in [0.1, 0.15) is 5.71 Å². The van der Waals surface area contributed by atoms with Crippen molar-refractivity contribution in [2.24, 2.45) is 10.2 Å². The fraction of sp³-hybridized carbons (Fsp3) is 0.0526. The van der Waals surface area contributed by atoms with Crippen molar-refractivity contribution >= 4 is 23.3 Å². The van der Waals surface area contributed by atoms with Gasteiger partial charge < -0.3 is 0 Å². The van der Waals surface area contributed by atoms with E-state index in [0.29, 0.717) is 0 Å². The predicted molar refractivity (Wildman–Crippen MR) is 97.9 cm³/mol. The van der Waals surface area contributed by atoms with Crippen molar-refractivity contribution in [1.82, 2.24) is 0 Å². The van der Waals surface area contributed by atoms with Crippen LogP contribution in [0.4, 0.5) is 11.4 Å². The van der Waals surface area contributed by atoms with E-state index in [9.17, 15) is 0 Å². The van der Waals surface area contributed by atoms with Crippen molar-refractivity contribution in [3.05, 3.63) is 84.5 Å². The first-order chi connectivity index (χ1) is 11.4. The Balaban J connectivity index is 1.71. The molecule has 0 saturated carbocycles. The number of allylic oxidation sites excluding steroid dienone is 4. The molecule has 0 bridgehead atoms. The maximum atomic E-state index is 4.48. The Hall–Kier alpha value is -3.14. The number of para-hydroxylation sites is 2. The van der Waals surface area contributed by atoms with Crippen LogP contribution in [0, 0.1) is 0 Å². The van der Waals surface area contributed by atoms with E-state index in [-0.39, 0.29) is 0 Å². The van der Waals surface area contributed by atoms with E-state index in [1.807, 2.05) is 66.7 Å². The lowest BCUT2D eigenvalue weighted by molar-refractivity contribution is 1.30. The third-order valence-electron chi connectivity index (χ3n) is 3.33. The van der Waals surface area contributed by atoms with Crippen LogP contribution in [-0.4, -0.2) is 11.9 Å². The number of hydrazone groups is 2. The highest BCUT2D eigenvalue weighted by atomic mass is 15.3. The average molecular weight is 302 g/mol. The Bertz CT molecular complexity index is 743. The van der Waals surface area contributed by atoms with Gasteiger partial charge in [0, 0.05) is 0 Å². The van der Waals surface area contributed by atoms with Crippen molar-refractivity contribution in [2.75, 3.05) is 10.9 Å². The number of hydrogen-bond acceptors (Lipinski definition) is 4. The van der Waals surface area contributed by atoms with E-state index in [1.165, 1.54) is 0 Å². The molecule has 3 rings (SSSR count). The van der Waals surface area contributed by atoms with Gasteiger partial charge in [0.05, 0.1) is 17.6 Å². The van der Waals surface area contributed by atoms with Crippen molar-refractivity contribution in [1.29, 1.82) is 0 Å². The van der Waals surface area contributed by atoms with Gasteiger partial charge in [-0.05, 0) is 36.3 Å². The quantitative estimate of drug-likeness (QED) is 0.612. The number of hydrogen-bond donors (Lipinski definition) is 2. The lowest BCUT2D eigenvalue weighted by Gasteiger charge is -2.05. The van der Waals surface area contributed by atoms with Gasteiger partial charge in [-0.3, -0.25) is 10.9 Å². The molecule has 0 heterocycles. The first-order valence-corrected chi connectivity index (χ1v) is 7.51. The minimum absolute atomic E-state index is 0.808. The number of rotatable bonds is 6. The maximum Gasteiger partial charge on any atom is 0.107 e. The summed E-state index contributed by atoms with van der Waals surface area (Å²) in [4.78, 5) is 0. The normalized spacial score (nSPS) is 14.1. The van der Waals surface area contributed by atoms with E-state index in [2.05, 4.69) is 33.2 Å². The molecule has 0 aliphatic heterocycles. The summed E-state index contributed by atoms with van der Waals surface area (Å²) in [6.45, 7) is 0. The number of anilines is 2. The number of nitrogens with zero attached hydrogens (tertiary/aromatic N) is 2. The molecule has 0 fully saturated rings. The molecule has 2 aromatic rings. The predicted octanol–water partition coefficient (Wildman–Crippen LogP) is 4.44. The van der Waals surface area contributed by atoms with Crippen LogP contribution in [0.15, 0.2) is 94.7 Å². The van der Waals surface area contributed by atoms with Crippen LogP contribution in [0.5, 0.6) is 0 Å². The summed E-state index contributed by atoms with van der Waals surface area (Å²) in [7, 11) is 0. The second-order valence-electron chi connectivity index (χ2n) is 5.04. The molecule has 1 aliphatic rings. The summed E-state index contributed by atoms with van der Waals surface area (Å²) in [5.74, 6) is 0. The van der Waals surface area contributed by atoms with Crippen LogP contribution in [0.25, 0.3) is 0 Å². The lowest BCUT2D eigenvalue weighted by atomic mass is 10.1. The third-order valence-corrected chi connectivity index (χ3v) is 3.33. The third kappa shape index (κ3) is 4.41. The molecule has 4 heteroatoms. The Morgan fingerprint density at radius 3 is 2.13 bits per heavy atom. The number of benzene rings is 2. The summed E-state index contributed by atoms with van der Waals surface area (Å²) in [5, 5.41) is 8.76. The van der Waals surface area contributed by atoms with Crippen molar-refractivity contribution < 1.29 is 0 Å². The van der Waals surface area contributed by atoms with Gasteiger partial charge in [0.15, 0.2) is 0 Å². The minimum atomic E-state index is 0.808. The first-order valence-electron chi connectivity index (χ1n) is 7.51. The van der Waals surface area contributed by atoms with Crippen LogP contribution >= 0.6 is 0 Å². The molecule has 0 unspecified atom stereocenters. The molecule has 0 atom stereocenters. The van der Waals surface area contributed by atoms with Crippen LogP contribution < -0.4 is 10.9 Å². The Kier molecular flexibility index (Phi) is 4.98. The molecule has 0 aromatic heterocycles. The van der Waals surface area contributed by atoms with E-state index in [4.69, 9.17) is 0 Å². The molecule has 1 aliphatic carbocycles. The van der Waals surface area contributed by atoms with Crippen LogP contribution in [0.2, 0.25) is 0 Å². The van der Waals surface area contributed by atoms with E-state index in [1.54, 1.807) is 6.21 Å². The molecule has 4 nitrogen and oxygen atoms in total. The maximum absolute atomic E-state index is 4.48. The van der Waals surface area contributed by atoms with Gasteiger partial charge >= 0.3 is 0 Å². The van der Waals surface area contributed by atoms with Crippen LogP contribution in [0.3, 0.4) is 0 Å². The number of nitrogens with one attached hydrogen (secondary N) is 2. The summed E-state index contributed by atoms with van der Waals surface area (Å²) in [5.41, 5.74) is 9.91. The molecule has 0 radical (unpaired) electrons. The second kappa shape index (κ2) is 7.75. The first kappa shape index (κ1) is 14.8. The van der Waals surface area contributed by atoms with Crippen molar-refractivity contribution in [3.63, 3.8) is 0 Å². The monoisotopic (exact) mass is 302 g/mol. The molecule has 0 spiro atoms. The van der Waals surface area contributed by atoms with Gasteiger partial charge in [-0.1, -0.05) is 54.6 Å². The summed E-state index contributed by atoms with van der Waals surface area (Å²) >= 11 is 0. The topological polar surface area (TPSA) is 48.8 Å². The molecule has 2 N–H and O–H groups in total. The van der Waals surface area contributed by atoms with Crippen LogP contribution in [-0.2, 0) is 0 Å². The van der Waals surface area contributed by atoms with Gasteiger partial charge in [-0.25, -0.2) is 0 Å². The molecule has 0 amide bonds. The Morgan fingerprint density at radius 1 is 0.870 bits per heavy atom. The average Bonchev–Trinajstić information content (AvgIpc) is 3.14. The highest BCUT2D eigenvalue weighted by Crippen LogP contribution is 2.13. The Morgan fingerprint density at radius 2 is 1.52 bits per heavy atom.